The van der Waals surface area contributed by atoms with Gasteiger partial charge in [-0.1, -0.05) is 12.1 Å². The van der Waals surface area contributed by atoms with Crippen molar-refractivity contribution in [3.63, 3.8) is 0 Å². The van der Waals surface area contributed by atoms with E-state index in [1.807, 2.05) is 12.1 Å². The van der Waals surface area contributed by atoms with E-state index >= 15 is 0 Å². The van der Waals surface area contributed by atoms with Gasteiger partial charge in [0.15, 0.2) is 0 Å². The van der Waals surface area contributed by atoms with Crippen LogP contribution in [0, 0.1) is 5.82 Å². The van der Waals surface area contributed by atoms with Crippen LogP contribution in [0.4, 0.5) is 4.39 Å². The highest BCUT2D eigenvalue weighted by Gasteiger charge is 2.21. The highest BCUT2D eigenvalue weighted by Crippen LogP contribution is 2.21. The molecule has 0 atom stereocenters. The van der Waals surface area contributed by atoms with Gasteiger partial charge in [0.05, 0.1) is 6.10 Å². The van der Waals surface area contributed by atoms with Crippen molar-refractivity contribution in [1.82, 2.24) is 10.2 Å². The maximum absolute atomic E-state index is 14.0. The Bertz CT molecular complexity index is 468. The average Bonchev–Trinajstić information content (AvgIpc) is 3.33. The number of methoxy groups -OCH3 is 1. The predicted molar refractivity (Wildman–Crippen MR) is 81.6 cm³/mol. The summed E-state index contributed by atoms with van der Waals surface area (Å²) in [5.41, 5.74) is 2.01. The van der Waals surface area contributed by atoms with Crippen LogP contribution in [0.3, 0.4) is 0 Å². The SMILES string of the molecule is COC1CCN(Cc2cc(CNC3CC3)ccc2F)CC1. The van der Waals surface area contributed by atoms with Crippen molar-refractivity contribution < 1.29 is 9.13 Å². The summed E-state index contributed by atoms with van der Waals surface area (Å²) in [6.07, 6.45) is 5.02. The average molecular weight is 292 g/mol. The fourth-order valence-corrected chi connectivity index (χ4v) is 2.95. The van der Waals surface area contributed by atoms with E-state index in [4.69, 9.17) is 4.74 Å². The quantitative estimate of drug-likeness (QED) is 0.872. The molecule has 1 aromatic carbocycles. The zero-order valence-corrected chi connectivity index (χ0v) is 12.8. The normalized spacial score (nSPS) is 20.9. The highest BCUT2D eigenvalue weighted by atomic mass is 19.1. The summed E-state index contributed by atoms with van der Waals surface area (Å²) in [6.45, 7) is 3.54. The lowest BCUT2D eigenvalue weighted by atomic mass is 10.1. The fourth-order valence-electron chi connectivity index (χ4n) is 2.95. The minimum Gasteiger partial charge on any atom is -0.381 e. The van der Waals surface area contributed by atoms with Crippen LogP contribution in [0.5, 0.6) is 0 Å². The van der Waals surface area contributed by atoms with Crippen molar-refractivity contribution in [2.75, 3.05) is 20.2 Å². The van der Waals surface area contributed by atoms with Gasteiger partial charge in [-0.15, -0.1) is 0 Å². The zero-order chi connectivity index (χ0) is 14.7. The van der Waals surface area contributed by atoms with Crippen molar-refractivity contribution >= 4 is 0 Å². The maximum Gasteiger partial charge on any atom is 0.127 e. The van der Waals surface area contributed by atoms with Crippen molar-refractivity contribution in [3.8, 4) is 0 Å². The van der Waals surface area contributed by atoms with Crippen LogP contribution in [0.25, 0.3) is 0 Å². The molecule has 0 bridgehead atoms. The van der Waals surface area contributed by atoms with E-state index in [1.54, 1.807) is 13.2 Å². The van der Waals surface area contributed by atoms with Gasteiger partial charge in [0.2, 0.25) is 0 Å². The van der Waals surface area contributed by atoms with Gasteiger partial charge < -0.3 is 10.1 Å². The number of nitrogens with zero attached hydrogens (tertiary/aromatic N) is 1. The molecule has 2 aliphatic rings. The molecule has 1 saturated heterocycles. The lowest BCUT2D eigenvalue weighted by molar-refractivity contribution is 0.0386. The third-order valence-corrected chi connectivity index (χ3v) is 4.54. The summed E-state index contributed by atoms with van der Waals surface area (Å²) in [6, 6.07) is 6.21. The zero-order valence-electron chi connectivity index (χ0n) is 12.8. The lowest BCUT2D eigenvalue weighted by Crippen LogP contribution is -2.36. The Morgan fingerprint density at radius 2 is 2.00 bits per heavy atom. The molecule has 3 nitrogen and oxygen atoms in total. The molecular weight excluding hydrogens is 267 g/mol. The molecule has 4 heteroatoms. The third kappa shape index (κ3) is 4.25. The van der Waals surface area contributed by atoms with Gasteiger partial charge in [-0.2, -0.15) is 0 Å². The molecule has 116 valence electrons. The van der Waals surface area contributed by atoms with Crippen LogP contribution in [-0.4, -0.2) is 37.2 Å². The van der Waals surface area contributed by atoms with Gasteiger partial charge in [-0.3, -0.25) is 4.90 Å². The highest BCUT2D eigenvalue weighted by molar-refractivity contribution is 5.25. The molecule has 3 rings (SSSR count). The fraction of sp³-hybridized carbons (Fsp3) is 0.647. The van der Waals surface area contributed by atoms with Crippen LogP contribution < -0.4 is 5.32 Å². The Kier molecular flexibility index (Phi) is 4.88. The standard InChI is InChI=1S/C17H25FN2O/c1-21-16-6-8-20(9-7-16)12-14-10-13(2-5-17(14)18)11-19-15-3-4-15/h2,5,10,15-16,19H,3-4,6-9,11-12H2,1H3. The van der Waals surface area contributed by atoms with E-state index < -0.39 is 0 Å². The van der Waals surface area contributed by atoms with E-state index in [1.165, 1.54) is 18.4 Å². The second kappa shape index (κ2) is 6.86. The first-order valence-corrected chi connectivity index (χ1v) is 8.00. The van der Waals surface area contributed by atoms with E-state index in [2.05, 4.69) is 10.2 Å². The second-order valence-electron chi connectivity index (χ2n) is 6.29. The molecule has 0 spiro atoms. The summed E-state index contributed by atoms with van der Waals surface area (Å²) >= 11 is 0. The number of halogens is 1. The molecule has 2 fully saturated rings. The van der Waals surface area contributed by atoms with Gasteiger partial charge >= 0.3 is 0 Å². The van der Waals surface area contributed by atoms with Crippen molar-refractivity contribution in [2.45, 2.75) is 50.9 Å². The Hall–Kier alpha value is -0.970. The molecule has 0 unspecified atom stereocenters. The summed E-state index contributed by atoms with van der Waals surface area (Å²) in [5.74, 6) is -0.0842. The Morgan fingerprint density at radius 3 is 2.67 bits per heavy atom. The number of benzene rings is 1. The van der Waals surface area contributed by atoms with Crippen molar-refractivity contribution in [1.29, 1.82) is 0 Å². The largest absolute Gasteiger partial charge is 0.381 e. The molecule has 0 amide bonds. The summed E-state index contributed by atoms with van der Waals surface area (Å²) in [4.78, 5) is 2.33. The molecule has 1 saturated carbocycles. The smallest absolute Gasteiger partial charge is 0.127 e. The molecule has 21 heavy (non-hydrogen) atoms. The summed E-state index contributed by atoms with van der Waals surface area (Å²) in [7, 11) is 1.77. The maximum atomic E-state index is 14.0. The first kappa shape index (κ1) is 14.9. The first-order chi connectivity index (χ1) is 10.2. The monoisotopic (exact) mass is 292 g/mol. The number of hydrogen-bond donors (Lipinski definition) is 1. The van der Waals surface area contributed by atoms with Crippen molar-refractivity contribution in [3.05, 3.63) is 35.1 Å². The Labute approximate surface area is 126 Å². The Balaban J connectivity index is 1.57. The number of piperidine rings is 1. The van der Waals surface area contributed by atoms with Crippen LogP contribution in [0.2, 0.25) is 0 Å². The lowest BCUT2D eigenvalue weighted by Gasteiger charge is -2.31. The molecule has 0 aromatic heterocycles. The van der Waals surface area contributed by atoms with E-state index in [-0.39, 0.29) is 5.82 Å². The van der Waals surface area contributed by atoms with Gasteiger partial charge in [0.25, 0.3) is 0 Å². The van der Waals surface area contributed by atoms with Crippen LogP contribution in [-0.2, 0) is 17.8 Å². The molecular formula is C17H25FN2O. The molecule has 1 aromatic rings. The van der Waals surface area contributed by atoms with Crippen LogP contribution in [0.15, 0.2) is 18.2 Å². The topological polar surface area (TPSA) is 24.5 Å². The number of ether oxygens (including phenoxy) is 1. The van der Waals surface area contributed by atoms with E-state index in [9.17, 15) is 4.39 Å². The summed E-state index contributed by atoms with van der Waals surface area (Å²) < 4.78 is 19.4. The molecule has 1 aliphatic heterocycles. The molecule has 1 heterocycles. The first-order valence-electron chi connectivity index (χ1n) is 8.00. The van der Waals surface area contributed by atoms with E-state index in [0.29, 0.717) is 18.7 Å². The van der Waals surface area contributed by atoms with Gasteiger partial charge in [0.1, 0.15) is 5.82 Å². The predicted octanol–water partition coefficient (Wildman–Crippen LogP) is 2.69. The third-order valence-electron chi connectivity index (χ3n) is 4.54. The van der Waals surface area contributed by atoms with Gasteiger partial charge in [-0.25, -0.2) is 4.39 Å². The Morgan fingerprint density at radius 1 is 1.24 bits per heavy atom. The summed E-state index contributed by atoms with van der Waals surface area (Å²) in [5, 5.41) is 3.48. The van der Waals surface area contributed by atoms with Crippen molar-refractivity contribution in [2.24, 2.45) is 0 Å². The molecule has 1 aliphatic carbocycles. The number of likely N-dealkylation sites (tertiary alicyclic amines) is 1. The second-order valence-corrected chi connectivity index (χ2v) is 6.29. The van der Waals surface area contributed by atoms with Crippen LogP contribution >= 0.6 is 0 Å². The number of rotatable bonds is 6. The van der Waals surface area contributed by atoms with Crippen LogP contribution in [0.1, 0.15) is 36.8 Å². The number of hydrogen-bond acceptors (Lipinski definition) is 3. The minimum atomic E-state index is -0.0842. The van der Waals surface area contributed by atoms with E-state index in [0.717, 1.165) is 38.0 Å². The van der Waals surface area contributed by atoms with Gasteiger partial charge in [-0.05, 0) is 37.3 Å². The number of nitrogens with one attached hydrogen (secondary N) is 1. The molecule has 0 radical (unpaired) electrons. The minimum absolute atomic E-state index is 0.0842. The molecule has 1 N–H and O–H groups in total. The van der Waals surface area contributed by atoms with Gasteiger partial charge in [0, 0.05) is 44.9 Å².